The van der Waals surface area contributed by atoms with Crippen LogP contribution in [0.15, 0.2) is 42.5 Å². The average molecular weight is 443 g/mol. The molecule has 2 fully saturated rings. The first-order valence-electron chi connectivity index (χ1n) is 10.6. The molecule has 2 aliphatic heterocycles. The van der Waals surface area contributed by atoms with Crippen LogP contribution in [0.25, 0.3) is 0 Å². The quantitative estimate of drug-likeness (QED) is 0.710. The van der Waals surface area contributed by atoms with Gasteiger partial charge in [0.05, 0.1) is 22.8 Å². The number of halogens is 3. The van der Waals surface area contributed by atoms with Crippen molar-refractivity contribution in [2.75, 3.05) is 29.4 Å². The maximum absolute atomic E-state index is 13.4. The molecular formula is C24H24F3N3O2. The number of piperidine rings is 1. The van der Waals surface area contributed by atoms with E-state index < -0.39 is 17.7 Å². The fraction of sp³-hybridized carbons (Fsp3) is 0.417. The van der Waals surface area contributed by atoms with Crippen molar-refractivity contribution in [1.29, 1.82) is 5.26 Å². The number of anilines is 2. The number of hydrogen-bond donors (Lipinski definition) is 1. The molecule has 0 aliphatic carbocycles. The lowest BCUT2D eigenvalue weighted by atomic mass is 9.76. The number of aromatic carboxylic acids is 1. The molecule has 2 aromatic carbocycles. The minimum atomic E-state index is -4.57. The second-order valence-electron chi connectivity index (χ2n) is 8.86. The summed E-state index contributed by atoms with van der Waals surface area (Å²) in [5, 5.41) is 18.1. The highest BCUT2D eigenvalue weighted by atomic mass is 19.4. The summed E-state index contributed by atoms with van der Waals surface area (Å²) in [6.45, 7) is 4.35. The van der Waals surface area contributed by atoms with Crippen LogP contribution in [0.4, 0.5) is 24.5 Å². The molecule has 1 atom stereocenters. The summed E-state index contributed by atoms with van der Waals surface area (Å²) in [4.78, 5) is 15.3. The molecule has 2 aliphatic rings. The Hall–Kier alpha value is -3.21. The van der Waals surface area contributed by atoms with E-state index in [-0.39, 0.29) is 22.6 Å². The minimum Gasteiger partial charge on any atom is -0.478 e. The molecule has 0 bridgehead atoms. The van der Waals surface area contributed by atoms with E-state index in [1.54, 1.807) is 24.3 Å². The molecule has 5 nitrogen and oxygen atoms in total. The Kier molecular flexibility index (Phi) is 5.53. The molecule has 0 saturated carbocycles. The lowest BCUT2D eigenvalue weighted by molar-refractivity contribution is -0.137. The molecule has 1 spiro atoms. The van der Waals surface area contributed by atoms with E-state index >= 15 is 0 Å². The highest BCUT2D eigenvalue weighted by Gasteiger charge is 2.44. The van der Waals surface area contributed by atoms with E-state index in [1.165, 1.54) is 6.07 Å². The molecule has 168 valence electrons. The normalized spacial score (nSPS) is 20.4. The molecule has 0 unspecified atom stereocenters. The molecule has 0 amide bonds. The van der Waals surface area contributed by atoms with Crippen LogP contribution >= 0.6 is 0 Å². The second-order valence-corrected chi connectivity index (χ2v) is 8.86. The maximum Gasteiger partial charge on any atom is 0.417 e. The van der Waals surface area contributed by atoms with Gasteiger partial charge in [0.15, 0.2) is 0 Å². The number of nitriles is 1. The van der Waals surface area contributed by atoms with E-state index in [9.17, 15) is 18.0 Å². The summed E-state index contributed by atoms with van der Waals surface area (Å²) in [7, 11) is 0. The fourth-order valence-corrected chi connectivity index (χ4v) is 5.12. The van der Waals surface area contributed by atoms with Crippen molar-refractivity contribution >= 4 is 17.3 Å². The monoisotopic (exact) mass is 443 g/mol. The lowest BCUT2D eigenvalue weighted by Crippen LogP contribution is -2.41. The molecule has 0 radical (unpaired) electrons. The largest absolute Gasteiger partial charge is 0.478 e. The van der Waals surface area contributed by atoms with Gasteiger partial charge < -0.3 is 14.9 Å². The highest BCUT2D eigenvalue weighted by molar-refractivity contribution is 5.88. The zero-order valence-electron chi connectivity index (χ0n) is 17.7. The molecule has 32 heavy (non-hydrogen) atoms. The van der Waals surface area contributed by atoms with Gasteiger partial charge in [0.1, 0.15) is 0 Å². The predicted molar refractivity (Wildman–Crippen MR) is 115 cm³/mol. The van der Waals surface area contributed by atoms with Crippen LogP contribution in [0.3, 0.4) is 0 Å². The third-order valence-electron chi connectivity index (χ3n) is 6.83. The van der Waals surface area contributed by atoms with Gasteiger partial charge >= 0.3 is 12.1 Å². The number of benzene rings is 2. The molecule has 1 N–H and O–H groups in total. The number of carbonyl (C=O) groups is 1. The molecule has 2 saturated heterocycles. The van der Waals surface area contributed by atoms with Crippen molar-refractivity contribution < 1.29 is 23.1 Å². The van der Waals surface area contributed by atoms with Gasteiger partial charge in [-0.25, -0.2) is 4.79 Å². The van der Waals surface area contributed by atoms with Crippen molar-refractivity contribution in [2.45, 2.75) is 38.4 Å². The molecule has 8 heteroatoms. The first-order valence-corrected chi connectivity index (χ1v) is 10.6. The van der Waals surface area contributed by atoms with Crippen molar-refractivity contribution in [3.63, 3.8) is 0 Å². The number of nitrogens with zero attached hydrogens (tertiary/aromatic N) is 3. The average Bonchev–Trinajstić information content (AvgIpc) is 3.08. The molecule has 4 rings (SSSR count). The van der Waals surface area contributed by atoms with Crippen LogP contribution in [0.2, 0.25) is 0 Å². The van der Waals surface area contributed by atoms with E-state index in [2.05, 4.69) is 4.90 Å². The standard InChI is InChI=1S/C24H24F3N3O2/c1-16-13-23(8-10-29(11-9-23)19-5-2-17(3-6-19)22(31)32)15-30(16)20-7-4-18(14-28)21(12-20)24(25,26)27/h2-7,12,16H,8-11,13,15H2,1H3,(H,31,32)/t16-/m0/s1. The third-order valence-corrected chi connectivity index (χ3v) is 6.83. The van der Waals surface area contributed by atoms with Gasteiger partial charge in [-0.3, -0.25) is 0 Å². The summed E-state index contributed by atoms with van der Waals surface area (Å²) in [6.07, 6.45) is -1.84. The molecule has 2 heterocycles. The van der Waals surface area contributed by atoms with Crippen LogP contribution in [-0.2, 0) is 6.18 Å². The predicted octanol–water partition coefficient (Wildman–Crippen LogP) is 5.16. The van der Waals surface area contributed by atoms with Crippen molar-refractivity contribution in [1.82, 2.24) is 0 Å². The Labute approximate surface area is 184 Å². The third kappa shape index (κ3) is 4.12. The Morgan fingerprint density at radius 2 is 1.75 bits per heavy atom. The maximum atomic E-state index is 13.4. The summed E-state index contributed by atoms with van der Waals surface area (Å²) >= 11 is 0. The number of hydrogen-bond acceptors (Lipinski definition) is 4. The zero-order chi connectivity index (χ0) is 23.1. The topological polar surface area (TPSA) is 67.6 Å². The van der Waals surface area contributed by atoms with Gasteiger partial charge in [-0.15, -0.1) is 0 Å². The summed E-state index contributed by atoms with van der Waals surface area (Å²) in [6, 6.07) is 12.6. The van der Waals surface area contributed by atoms with Gasteiger partial charge in [0.25, 0.3) is 0 Å². The van der Waals surface area contributed by atoms with Gasteiger partial charge in [0.2, 0.25) is 0 Å². The Morgan fingerprint density at radius 3 is 2.31 bits per heavy atom. The van der Waals surface area contributed by atoms with E-state index in [0.29, 0.717) is 12.2 Å². The highest BCUT2D eigenvalue weighted by Crippen LogP contribution is 2.46. The van der Waals surface area contributed by atoms with E-state index in [4.69, 9.17) is 10.4 Å². The van der Waals surface area contributed by atoms with Crippen molar-refractivity contribution in [2.24, 2.45) is 5.41 Å². The van der Waals surface area contributed by atoms with Crippen LogP contribution in [-0.4, -0.2) is 36.8 Å². The summed E-state index contributed by atoms with van der Waals surface area (Å²) < 4.78 is 40.2. The first-order chi connectivity index (χ1) is 15.1. The second kappa shape index (κ2) is 8.05. The van der Waals surface area contributed by atoms with Crippen LogP contribution in [0, 0.1) is 16.7 Å². The lowest BCUT2D eigenvalue weighted by Gasteiger charge is -2.40. The first kappa shape index (κ1) is 22.0. The number of carboxylic acids is 1. The molecular weight excluding hydrogens is 419 g/mol. The Bertz CT molecular complexity index is 1050. The van der Waals surface area contributed by atoms with Gasteiger partial charge in [0, 0.05) is 37.1 Å². The van der Waals surface area contributed by atoms with Gasteiger partial charge in [-0.1, -0.05) is 0 Å². The molecule has 0 aromatic heterocycles. The number of rotatable bonds is 3. The Balaban J connectivity index is 1.48. The summed E-state index contributed by atoms with van der Waals surface area (Å²) in [5.74, 6) is -0.953. The molecule has 2 aromatic rings. The van der Waals surface area contributed by atoms with Gasteiger partial charge in [-0.2, -0.15) is 18.4 Å². The zero-order valence-corrected chi connectivity index (χ0v) is 17.7. The van der Waals surface area contributed by atoms with E-state index in [1.807, 2.05) is 24.0 Å². The number of alkyl halides is 3. The minimum absolute atomic E-state index is 0.0310. The number of carboxylic acid groups (broad SMARTS) is 1. The van der Waals surface area contributed by atoms with Crippen LogP contribution in [0.1, 0.15) is 47.7 Å². The fourth-order valence-electron chi connectivity index (χ4n) is 5.12. The Morgan fingerprint density at radius 1 is 1.12 bits per heavy atom. The van der Waals surface area contributed by atoms with E-state index in [0.717, 1.165) is 44.1 Å². The van der Waals surface area contributed by atoms with Crippen LogP contribution in [0.5, 0.6) is 0 Å². The van der Waals surface area contributed by atoms with Crippen LogP contribution < -0.4 is 9.80 Å². The smallest absolute Gasteiger partial charge is 0.417 e. The SMILES string of the molecule is C[C@H]1CC2(CCN(c3ccc(C(=O)O)cc3)CC2)CN1c1ccc(C#N)c(C(F)(F)F)c1. The van der Waals surface area contributed by atoms with Crippen molar-refractivity contribution in [3.05, 3.63) is 59.2 Å². The van der Waals surface area contributed by atoms with Gasteiger partial charge in [-0.05, 0) is 74.1 Å². The summed E-state index contributed by atoms with van der Waals surface area (Å²) in [5.41, 5.74) is 0.531. The van der Waals surface area contributed by atoms with Crippen molar-refractivity contribution in [3.8, 4) is 6.07 Å².